The molecule has 0 saturated heterocycles. The molecule has 4 heteroatoms. The molecule has 0 aliphatic rings. The van der Waals surface area contributed by atoms with Gasteiger partial charge in [-0.05, 0) is 43.5 Å². The molecule has 0 fully saturated rings. The Morgan fingerprint density at radius 1 is 1.47 bits per heavy atom. The van der Waals surface area contributed by atoms with Crippen LogP contribution in [0, 0.1) is 11.7 Å². The third-order valence-electron chi connectivity index (χ3n) is 2.69. The van der Waals surface area contributed by atoms with Gasteiger partial charge in [0.15, 0.2) is 0 Å². The first-order valence-corrected chi connectivity index (χ1v) is 6.68. The molecule has 0 aromatic heterocycles. The maximum atomic E-state index is 13.4. The molecule has 0 saturated carbocycles. The van der Waals surface area contributed by atoms with E-state index in [9.17, 15) is 4.39 Å². The van der Waals surface area contributed by atoms with E-state index in [4.69, 9.17) is 5.11 Å². The zero-order valence-corrected chi connectivity index (χ0v) is 11.6. The predicted octanol–water partition coefficient (Wildman–Crippen LogP) is 3.09. The summed E-state index contributed by atoms with van der Waals surface area (Å²) in [4.78, 5) is 0. The summed E-state index contributed by atoms with van der Waals surface area (Å²) in [7, 11) is 0. The molecule has 0 aliphatic heterocycles. The van der Waals surface area contributed by atoms with Gasteiger partial charge in [0, 0.05) is 23.2 Å². The Bertz CT molecular complexity index is 346. The van der Waals surface area contributed by atoms with Crippen molar-refractivity contribution in [2.45, 2.75) is 26.3 Å². The quantitative estimate of drug-likeness (QED) is 0.759. The Kier molecular flexibility index (Phi) is 6.70. The van der Waals surface area contributed by atoms with Crippen LogP contribution in [0.2, 0.25) is 0 Å². The molecular formula is C13H19BrFNO. The van der Waals surface area contributed by atoms with Gasteiger partial charge in [-0.25, -0.2) is 4.39 Å². The van der Waals surface area contributed by atoms with Gasteiger partial charge in [0.1, 0.15) is 5.82 Å². The van der Waals surface area contributed by atoms with Crippen molar-refractivity contribution in [2.75, 3.05) is 13.2 Å². The van der Waals surface area contributed by atoms with Crippen molar-refractivity contribution >= 4 is 15.9 Å². The average molecular weight is 304 g/mol. The molecule has 1 aromatic rings. The van der Waals surface area contributed by atoms with Crippen LogP contribution in [0.3, 0.4) is 0 Å². The van der Waals surface area contributed by atoms with Crippen LogP contribution in [0.1, 0.15) is 25.3 Å². The second-order valence-corrected chi connectivity index (χ2v) is 5.26. The summed E-state index contributed by atoms with van der Waals surface area (Å²) in [5.74, 6) is 0.170. The first kappa shape index (κ1) is 14.6. The molecule has 17 heavy (non-hydrogen) atoms. The van der Waals surface area contributed by atoms with Gasteiger partial charge in [0.2, 0.25) is 0 Å². The summed E-state index contributed by atoms with van der Waals surface area (Å²) in [6, 6.07) is 4.95. The van der Waals surface area contributed by atoms with E-state index >= 15 is 0 Å². The van der Waals surface area contributed by atoms with Crippen LogP contribution in [-0.2, 0) is 6.54 Å². The van der Waals surface area contributed by atoms with Crippen molar-refractivity contribution in [3.8, 4) is 0 Å². The third kappa shape index (κ3) is 5.61. The summed E-state index contributed by atoms with van der Waals surface area (Å²) in [5.41, 5.74) is 0.676. The van der Waals surface area contributed by atoms with Crippen LogP contribution in [0.15, 0.2) is 22.7 Å². The summed E-state index contributed by atoms with van der Waals surface area (Å²) in [6.07, 6.45) is 1.99. The van der Waals surface area contributed by atoms with Crippen LogP contribution in [0.25, 0.3) is 0 Å². The largest absolute Gasteiger partial charge is 0.396 e. The number of benzene rings is 1. The Balaban J connectivity index is 2.24. The molecule has 2 nitrogen and oxygen atoms in total. The Morgan fingerprint density at radius 2 is 2.24 bits per heavy atom. The first-order valence-electron chi connectivity index (χ1n) is 5.89. The normalized spacial score (nSPS) is 12.7. The van der Waals surface area contributed by atoms with Gasteiger partial charge in [-0.2, -0.15) is 0 Å². The molecule has 0 bridgehead atoms. The van der Waals surface area contributed by atoms with Gasteiger partial charge in [0.05, 0.1) is 0 Å². The molecule has 0 heterocycles. The number of aliphatic hydroxyl groups is 1. The molecule has 0 amide bonds. The molecule has 2 N–H and O–H groups in total. The van der Waals surface area contributed by atoms with E-state index in [1.807, 2.05) is 6.92 Å². The van der Waals surface area contributed by atoms with E-state index in [0.29, 0.717) is 18.0 Å². The highest BCUT2D eigenvalue weighted by Crippen LogP contribution is 2.15. The average Bonchev–Trinajstić information content (AvgIpc) is 2.32. The zero-order valence-electron chi connectivity index (χ0n) is 10.0. The lowest BCUT2D eigenvalue weighted by Gasteiger charge is -2.09. The van der Waals surface area contributed by atoms with E-state index in [0.717, 1.165) is 23.9 Å². The lowest BCUT2D eigenvalue weighted by molar-refractivity contribution is 0.228. The number of hydrogen-bond acceptors (Lipinski definition) is 2. The molecule has 1 atom stereocenters. The highest BCUT2D eigenvalue weighted by Gasteiger charge is 2.03. The topological polar surface area (TPSA) is 32.3 Å². The lowest BCUT2D eigenvalue weighted by Crippen LogP contribution is -2.16. The molecule has 1 unspecified atom stereocenters. The van der Waals surface area contributed by atoms with Crippen LogP contribution >= 0.6 is 15.9 Å². The number of aliphatic hydroxyl groups excluding tert-OH is 1. The minimum absolute atomic E-state index is 0.176. The van der Waals surface area contributed by atoms with Crippen LogP contribution in [-0.4, -0.2) is 18.3 Å². The molecular weight excluding hydrogens is 285 g/mol. The van der Waals surface area contributed by atoms with E-state index in [1.54, 1.807) is 12.1 Å². The third-order valence-corrected chi connectivity index (χ3v) is 3.18. The van der Waals surface area contributed by atoms with Crippen LogP contribution in [0.5, 0.6) is 0 Å². The SMILES string of the molecule is CC(CO)CCCNCc1cc(Br)ccc1F. The molecule has 1 rings (SSSR count). The smallest absolute Gasteiger partial charge is 0.127 e. The second kappa shape index (κ2) is 7.80. The summed E-state index contributed by atoms with van der Waals surface area (Å²) >= 11 is 3.33. The first-order chi connectivity index (χ1) is 8.13. The van der Waals surface area contributed by atoms with Crippen LogP contribution < -0.4 is 5.32 Å². The van der Waals surface area contributed by atoms with Crippen molar-refractivity contribution in [3.05, 3.63) is 34.1 Å². The second-order valence-electron chi connectivity index (χ2n) is 4.34. The van der Waals surface area contributed by atoms with E-state index < -0.39 is 0 Å². The van der Waals surface area contributed by atoms with Gasteiger partial charge in [-0.15, -0.1) is 0 Å². The fraction of sp³-hybridized carbons (Fsp3) is 0.538. The van der Waals surface area contributed by atoms with Crippen molar-refractivity contribution < 1.29 is 9.50 Å². The minimum atomic E-state index is -0.176. The summed E-state index contributed by atoms with van der Waals surface area (Å²) in [6.45, 7) is 3.64. The maximum absolute atomic E-state index is 13.4. The molecule has 1 aromatic carbocycles. The fourth-order valence-corrected chi connectivity index (χ4v) is 1.98. The molecule has 0 aliphatic carbocycles. The number of halogens is 2. The van der Waals surface area contributed by atoms with Crippen molar-refractivity contribution in [3.63, 3.8) is 0 Å². The van der Waals surface area contributed by atoms with E-state index in [-0.39, 0.29) is 12.4 Å². The minimum Gasteiger partial charge on any atom is -0.396 e. The van der Waals surface area contributed by atoms with Gasteiger partial charge < -0.3 is 10.4 Å². The Morgan fingerprint density at radius 3 is 2.94 bits per heavy atom. The van der Waals surface area contributed by atoms with Crippen molar-refractivity contribution in [1.29, 1.82) is 0 Å². The summed E-state index contributed by atoms with van der Waals surface area (Å²) < 4.78 is 14.3. The van der Waals surface area contributed by atoms with Crippen molar-refractivity contribution in [2.24, 2.45) is 5.92 Å². The monoisotopic (exact) mass is 303 g/mol. The Hall–Kier alpha value is -0.450. The molecule has 96 valence electrons. The van der Waals surface area contributed by atoms with Crippen molar-refractivity contribution in [1.82, 2.24) is 5.32 Å². The highest BCUT2D eigenvalue weighted by atomic mass is 79.9. The summed E-state index contributed by atoms with van der Waals surface area (Å²) in [5, 5.41) is 12.1. The zero-order chi connectivity index (χ0) is 12.7. The van der Waals surface area contributed by atoms with E-state index in [2.05, 4.69) is 21.2 Å². The van der Waals surface area contributed by atoms with E-state index in [1.165, 1.54) is 6.07 Å². The lowest BCUT2D eigenvalue weighted by atomic mass is 10.1. The van der Waals surface area contributed by atoms with Gasteiger partial charge in [-0.3, -0.25) is 0 Å². The van der Waals surface area contributed by atoms with Gasteiger partial charge in [0.25, 0.3) is 0 Å². The Labute approximate surface area is 110 Å². The standard InChI is InChI=1S/C13H19BrFNO/c1-10(9-17)3-2-6-16-8-11-7-12(14)4-5-13(11)15/h4-5,7,10,16-17H,2-3,6,8-9H2,1H3. The molecule has 0 radical (unpaired) electrons. The number of hydrogen-bond donors (Lipinski definition) is 2. The number of rotatable bonds is 7. The number of nitrogens with one attached hydrogen (secondary N) is 1. The fourth-order valence-electron chi connectivity index (χ4n) is 1.57. The predicted molar refractivity (Wildman–Crippen MR) is 71.3 cm³/mol. The maximum Gasteiger partial charge on any atom is 0.127 e. The van der Waals surface area contributed by atoms with Gasteiger partial charge >= 0.3 is 0 Å². The molecule has 0 spiro atoms. The highest BCUT2D eigenvalue weighted by molar-refractivity contribution is 9.10. The van der Waals surface area contributed by atoms with Crippen LogP contribution in [0.4, 0.5) is 4.39 Å². The van der Waals surface area contributed by atoms with Gasteiger partial charge in [-0.1, -0.05) is 22.9 Å².